The van der Waals surface area contributed by atoms with E-state index in [1.807, 2.05) is 0 Å². The molecule has 3 rings (SSSR count). The predicted octanol–water partition coefficient (Wildman–Crippen LogP) is 2.89. The van der Waals surface area contributed by atoms with E-state index in [1.54, 1.807) is 0 Å². The molecule has 2 aromatic rings. The van der Waals surface area contributed by atoms with Crippen LogP contribution >= 0.6 is 12.4 Å². The molecule has 0 aliphatic carbocycles. The fourth-order valence-corrected chi connectivity index (χ4v) is 2.46. The summed E-state index contributed by atoms with van der Waals surface area (Å²) in [4.78, 5) is 5.92. The second-order valence-electron chi connectivity index (χ2n) is 4.62. The summed E-state index contributed by atoms with van der Waals surface area (Å²) in [5, 5.41) is 1.41. The van der Waals surface area contributed by atoms with Gasteiger partial charge in [-0.25, -0.2) is 0 Å². The van der Waals surface area contributed by atoms with Crippen LogP contribution in [0.5, 0.6) is 0 Å². The minimum Gasteiger partial charge on any atom is -0.358 e. The van der Waals surface area contributed by atoms with Crippen molar-refractivity contribution in [1.29, 1.82) is 0 Å². The topological polar surface area (TPSA) is 19.0 Å². The molecule has 1 aromatic heterocycles. The van der Waals surface area contributed by atoms with Crippen LogP contribution in [0.3, 0.4) is 0 Å². The SMILES string of the molecule is Cc1ccc2[nH]c3c(c2c1)CN(C)CC3.Cl. The zero-order chi connectivity index (χ0) is 10.4. The molecule has 0 atom stereocenters. The Morgan fingerprint density at radius 2 is 2.12 bits per heavy atom. The van der Waals surface area contributed by atoms with Gasteiger partial charge in [-0.2, -0.15) is 0 Å². The largest absolute Gasteiger partial charge is 0.358 e. The molecule has 3 heteroatoms. The molecule has 16 heavy (non-hydrogen) atoms. The highest BCUT2D eigenvalue weighted by Gasteiger charge is 2.17. The summed E-state index contributed by atoms with van der Waals surface area (Å²) >= 11 is 0. The number of rotatable bonds is 0. The van der Waals surface area contributed by atoms with Crippen LogP contribution in [0.2, 0.25) is 0 Å². The van der Waals surface area contributed by atoms with Crippen molar-refractivity contribution >= 4 is 23.3 Å². The fourth-order valence-electron chi connectivity index (χ4n) is 2.46. The number of halogens is 1. The highest BCUT2D eigenvalue weighted by molar-refractivity contribution is 5.85. The van der Waals surface area contributed by atoms with E-state index in [4.69, 9.17) is 0 Å². The van der Waals surface area contributed by atoms with Gasteiger partial charge in [0.25, 0.3) is 0 Å². The summed E-state index contributed by atoms with van der Waals surface area (Å²) in [6.07, 6.45) is 1.15. The van der Waals surface area contributed by atoms with E-state index >= 15 is 0 Å². The molecule has 1 aliphatic rings. The molecule has 0 unspecified atom stereocenters. The number of hydrogen-bond donors (Lipinski definition) is 1. The van der Waals surface area contributed by atoms with Crippen LogP contribution in [0, 0.1) is 6.92 Å². The maximum Gasteiger partial charge on any atom is 0.0459 e. The average Bonchev–Trinajstić information content (AvgIpc) is 2.56. The lowest BCUT2D eigenvalue weighted by Crippen LogP contribution is -2.25. The molecule has 0 amide bonds. The Kier molecular flexibility index (Phi) is 2.96. The average molecular weight is 237 g/mol. The van der Waals surface area contributed by atoms with Crippen LogP contribution in [0.25, 0.3) is 10.9 Å². The van der Waals surface area contributed by atoms with Crippen molar-refractivity contribution in [2.75, 3.05) is 13.6 Å². The normalized spacial score (nSPS) is 15.9. The maximum absolute atomic E-state index is 3.54. The van der Waals surface area contributed by atoms with Gasteiger partial charge in [0.05, 0.1) is 0 Å². The number of hydrogen-bond acceptors (Lipinski definition) is 1. The van der Waals surface area contributed by atoms with Gasteiger partial charge in [0.2, 0.25) is 0 Å². The van der Waals surface area contributed by atoms with Crippen LogP contribution in [-0.4, -0.2) is 23.5 Å². The highest BCUT2D eigenvalue weighted by Crippen LogP contribution is 2.27. The molecule has 1 aliphatic heterocycles. The van der Waals surface area contributed by atoms with Crippen LogP contribution in [0.1, 0.15) is 16.8 Å². The van der Waals surface area contributed by atoms with Gasteiger partial charge in [-0.3, -0.25) is 0 Å². The molecular formula is C13H17ClN2. The van der Waals surface area contributed by atoms with E-state index in [1.165, 1.54) is 34.3 Å². The van der Waals surface area contributed by atoms with E-state index in [0.717, 1.165) is 13.0 Å². The molecule has 0 radical (unpaired) electrons. The number of H-pyrrole nitrogens is 1. The van der Waals surface area contributed by atoms with E-state index < -0.39 is 0 Å². The Bertz CT molecular complexity index is 516. The van der Waals surface area contributed by atoms with Gasteiger partial charge in [-0.15, -0.1) is 12.4 Å². The van der Waals surface area contributed by atoms with Gasteiger partial charge in [0.1, 0.15) is 0 Å². The Hall–Kier alpha value is -0.990. The molecule has 1 aromatic carbocycles. The fraction of sp³-hybridized carbons (Fsp3) is 0.385. The summed E-state index contributed by atoms with van der Waals surface area (Å²) < 4.78 is 0. The third-order valence-corrected chi connectivity index (χ3v) is 3.32. The van der Waals surface area contributed by atoms with Crippen molar-refractivity contribution in [2.24, 2.45) is 0 Å². The lowest BCUT2D eigenvalue weighted by atomic mass is 10.0. The van der Waals surface area contributed by atoms with Gasteiger partial charge in [0.15, 0.2) is 0 Å². The first-order chi connectivity index (χ1) is 7.24. The molecule has 1 N–H and O–H groups in total. The molecule has 0 bridgehead atoms. The first-order valence-corrected chi connectivity index (χ1v) is 5.52. The molecule has 2 heterocycles. The van der Waals surface area contributed by atoms with Crippen LogP contribution in [-0.2, 0) is 13.0 Å². The summed E-state index contributed by atoms with van der Waals surface area (Å²) in [6.45, 7) is 4.41. The molecular weight excluding hydrogens is 220 g/mol. The maximum atomic E-state index is 3.54. The van der Waals surface area contributed by atoms with Gasteiger partial charge in [0, 0.05) is 36.1 Å². The minimum atomic E-state index is 0. The summed E-state index contributed by atoms with van der Waals surface area (Å²) in [6, 6.07) is 6.67. The molecule has 2 nitrogen and oxygen atoms in total. The standard InChI is InChI=1S/C13H16N2.ClH/c1-9-3-4-12-10(7-9)11-8-15(2)6-5-13(11)14-12;/h3-4,7,14H,5-6,8H2,1-2H3;1H. The molecule has 0 saturated carbocycles. The third-order valence-electron chi connectivity index (χ3n) is 3.32. The van der Waals surface area contributed by atoms with Crippen molar-refractivity contribution in [3.05, 3.63) is 35.0 Å². The number of nitrogens with one attached hydrogen (secondary N) is 1. The van der Waals surface area contributed by atoms with Gasteiger partial charge in [-0.1, -0.05) is 11.6 Å². The Morgan fingerprint density at radius 3 is 2.94 bits per heavy atom. The number of benzene rings is 1. The third kappa shape index (κ3) is 1.72. The number of aryl methyl sites for hydroxylation is 1. The zero-order valence-electron chi connectivity index (χ0n) is 9.71. The summed E-state index contributed by atoms with van der Waals surface area (Å²) in [5.41, 5.74) is 5.58. The van der Waals surface area contributed by atoms with Crippen LogP contribution < -0.4 is 0 Å². The first-order valence-electron chi connectivity index (χ1n) is 5.52. The Balaban J connectivity index is 0.000000963. The van der Waals surface area contributed by atoms with Crippen LogP contribution in [0.15, 0.2) is 18.2 Å². The minimum absolute atomic E-state index is 0. The van der Waals surface area contributed by atoms with E-state index in [0.29, 0.717) is 0 Å². The smallest absolute Gasteiger partial charge is 0.0459 e. The Labute approximate surface area is 102 Å². The lowest BCUT2D eigenvalue weighted by Gasteiger charge is -2.22. The molecule has 86 valence electrons. The van der Waals surface area contributed by atoms with Gasteiger partial charge >= 0.3 is 0 Å². The van der Waals surface area contributed by atoms with Gasteiger partial charge in [-0.05, 0) is 31.7 Å². The van der Waals surface area contributed by atoms with Crippen molar-refractivity contribution < 1.29 is 0 Å². The quantitative estimate of drug-likeness (QED) is 0.745. The predicted molar refractivity (Wildman–Crippen MR) is 70.3 cm³/mol. The number of aromatic nitrogens is 1. The number of likely N-dealkylation sites (N-methyl/N-ethyl adjacent to an activating group) is 1. The van der Waals surface area contributed by atoms with Crippen molar-refractivity contribution in [2.45, 2.75) is 19.9 Å². The van der Waals surface area contributed by atoms with E-state index in [-0.39, 0.29) is 12.4 Å². The zero-order valence-corrected chi connectivity index (χ0v) is 10.5. The molecule has 0 spiro atoms. The van der Waals surface area contributed by atoms with E-state index in [9.17, 15) is 0 Å². The van der Waals surface area contributed by atoms with Gasteiger partial charge < -0.3 is 9.88 Å². The lowest BCUT2D eigenvalue weighted by molar-refractivity contribution is 0.313. The van der Waals surface area contributed by atoms with Crippen molar-refractivity contribution in [3.8, 4) is 0 Å². The monoisotopic (exact) mass is 236 g/mol. The molecule has 0 fully saturated rings. The Morgan fingerprint density at radius 1 is 1.31 bits per heavy atom. The number of nitrogens with zero attached hydrogens (tertiary/aromatic N) is 1. The highest BCUT2D eigenvalue weighted by atomic mass is 35.5. The van der Waals surface area contributed by atoms with E-state index in [2.05, 4.69) is 42.1 Å². The van der Waals surface area contributed by atoms with Crippen LogP contribution in [0.4, 0.5) is 0 Å². The summed E-state index contributed by atoms with van der Waals surface area (Å²) in [5.74, 6) is 0. The second-order valence-corrected chi connectivity index (χ2v) is 4.62. The van der Waals surface area contributed by atoms with Crippen molar-refractivity contribution in [1.82, 2.24) is 9.88 Å². The molecule has 0 saturated heterocycles. The van der Waals surface area contributed by atoms with Crippen molar-refractivity contribution in [3.63, 3.8) is 0 Å². The first kappa shape index (κ1) is 11.5. The second kappa shape index (κ2) is 4.11. The number of aromatic amines is 1. The number of fused-ring (bicyclic) bond motifs is 3. The summed E-state index contributed by atoms with van der Waals surface area (Å²) in [7, 11) is 2.19.